The highest BCUT2D eigenvalue weighted by Gasteiger charge is 2.50. The van der Waals surface area contributed by atoms with Crippen LogP contribution in [0, 0.1) is 17.1 Å². The Hall–Kier alpha value is -2.79. The third-order valence-corrected chi connectivity index (χ3v) is 7.58. The smallest absolute Gasteiger partial charge is 0.165 e. The Kier molecular flexibility index (Phi) is 4.31. The lowest BCUT2D eigenvalue weighted by molar-refractivity contribution is 0.462. The maximum absolute atomic E-state index is 14.6. The van der Waals surface area contributed by atoms with E-state index in [9.17, 15) is 12.8 Å². The van der Waals surface area contributed by atoms with Crippen molar-refractivity contribution in [3.05, 3.63) is 53.5 Å². The van der Waals surface area contributed by atoms with Crippen molar-refractivity contribution in [1.82, 2.24) is 4.98 Å². The molecule has 140 valence electrons. The number of nitrogens with zero attached hydrogens (tertiary/aromatic N) is 3. The SMILES string of the molecule is CC1(C)C(N)=N[C@@](C)(c2nc(-c3cccc(C#N)c3)ccc2F)CS1(=O)=O. The fourth-order valence-corrected chi connectivity index (χ4v) is 4.66. The fourth-order valence-electron chi connectivity index (χ4n) is 2.99. The van der Waals surface area contributed by atoms with Crippen molar-refractivity contribution >= 4 is 15.7 Å². The van der Waals surface area contributed by atoms with E-state index in [1.165, 1.54) is 32.9 Å². The van der Waals surface area contributed by atoms with Gasteiger partial charge in [0, 0.05) is 5.56 Å². The summed E-state index contributed by atoms with van der Waals surface area (Å²) in [6.07, 6.45) is 0. The number of halogens is 1. The van der Waals surface area contributed by atoms with Crippen molar-refractivity contribution < 1.29 is 12.8 Å². The number of amidine groups is 1. The number of pyridine rings is 1. The lowest BCUT2D eigenvalue weighted by Gasteiger charge is -2.37. The lowest BCUT2D eigenvalue weighted by atomic mass is 9.97. The van der Waals surface area contributed by atoms with Crippen LogP contribution in [0.2, 0.25) is 0 Å². The molecule has 1 aliphatic heterocycles. The molecule has 0 fully saturated rings. The third-order valence-electron chi connectivity index (χ3n) is 4.88. The Morgan fingerprint density at radius 1 is 1.22 bits per heavy atom. The summed E-state index contributed by atoms with van der Waals surface area (Å²) in [6.45, 7) is 4.47. The molecule has 1 atom stereocenters. The monoisotopic (exact) mass is 386 g/mol. The van der Waals surface area contributed by atoms with Crippen LogP contribution in [0.3, 0.4) is 0 Å². The number of benzene rings is 1. The Bertz CT molecular complexity index is 1100. The molecule has 2 N–H and O–H groups in total. The average molecular weight is 386 g/mol. The van der Waals surface area contributed by atoms with E-state index in [-0.39, 0.29) is 11.5 Å². The number of rotatable bonds is 2. The zero-order chi connectivity index (χ0) is 20.0. The second-order valence-electron chi connectivity index (χ2n) is 7.26. The molecule has 0 radical (unpaired) electrons. The van der Waals surface area contributed by atoms with Gasteiger partial charge in [-0.2, -0.15) is 5.26 Å². The van der Waals surface area contributed by atoms with Crippen LogP contribution in [0.4, 0.5) is 4.39 Å². The van der Waals surface area contributed by atoms with E-state index in [1.54, 1.807) is 24.3 Å². The van der Waals surface area contributed by atoms with Crippen LogP contribution < -0.4 is 5.73 Å². The van der Waals surface area contributed by atoms with E-state index in [2.05, 4.69) is 9.98 Å². The molecular weight excluding hydrogens is 367 g/mol. The summed E-state index contributed by atoms with van der Waals surface area (Å²) in [5.74, 6) is -1.14. The molecule has 1 aliphatic rings. The minimum atomic E-state index is -3.68. The fraction of sp³-hybridized carbons (Fsp3) is 0.316. The van der Waals surface area contributed by atoms with Gasteiger partial charge in [-0.15, -0.1) is 0 Å². The zero-order valence-electron chi connectivity index (χ0n) is 15.2. The first-order chi connectivity index (χ1) is 12.5. The second kappa shape index (κ2) is 6.13. The van der Waals surface area contributed by atoms with Crippen LogP contribution in [0.25, 0.3) is 11.3 Å². The van der Waals surface area contributed by atoms with Crippen molar-refractivity contribution in [3.8, 4) is 17.3 Å². The van der Waals surface area contributed by atoms with Gasteiger partial charge in [0.15, 0.2) is 9.84 Å². The van der Waals surface area contributed by atoms with Gasteiger partial charge in [-0.05, 0) is 45.0 Å². The minimum Gasteiger partial charge on any atom is -0.386 e. The first kappa shape index (κ1) is 19.0. The largest absolute Gasteiger partial charge is 0.386 e. The summed E-state index contributed by atoms with van der Waals surface area (Å²) in [4.78, 5) is 8.67. The van der Waals surface area contributed by atoms with Gasteiger partial charge in [0.2, 0.25) is 0 Å². The van der Waals surface area contributed by atoms with E-state index >= 15 is 0 Å². The summed E-state index contributed by atoms with van der Waals surface area (Å²) in [6, 6.07) is 11.5. The Morgan fingerprint density at radius 3 is 2.56 bits per heavy atom. The summed E-state index contributed by atoms with van der Waals surface area (Å²) in [7, 11) is -3.68. The second-order valence-corrected chi connectivity index (χ2v) is 9.80. The van der Waals surface area contributed by atoms with Gasteiger partial charge in [0.05, 0.1) is 23.1 Å². The number of sulfone groups is 1. The van der Waals surface area contributed by atoms with E-state index in [0.717, 1.165) is 0 Å². The predicted octanol–water partition coefficient (Wildman–Crippen LogP) is 2.54. The maximum atomic E-state index is 14.6. The van der Waals surface area contributed by atoms with Crippen LogP contribution in [0.1, 0.15) is 32.0 Å². The average Bonchev–Trinajstić information content (AvgIpc) is 2.60. The molecule has 1 aromatic carbocycles. The van der Waals surface area contributed by atoms with E-state index < -0.39 is 31.7 Å². The quantitative estimate of drug-likeness (QED) is 0.853. The molecule has 0 spiro atoms. The summed E-state index contributed by atoms with van der Waals surface area (Å²) in [5, 5.41) is 9.06. The molecule has 1 aromatic heterocycles. The molecule has 8 heteroatoms. The molecule has 0 aliphatic carbocycles. The molecule has 27 heavy (non-hydrogen) atoms. The van der Waals surface area contributed by atoms with Crippen molar-refractivity contribution in [1.29, 1.82) is 5.26 Å². The van der Waals surface area contributed by atoms with Gasteiger partial charge < -0.3 is 5.73 Å². The summed E-state index contributed by atoms with van der Waals surface area (Å²) >= 11 is 0. The molecule has 0 saturated heterocycles. The van der Waals surface area contributed by atoms with Gasteiger partial charge >= 0.3 is 0 Å². The highest BCUT2D eigenvalue weighted by atomic mass is 32.2. The number of hydrogen-bond acceptors (Lipinski definition) is 6. The predicted molar refractivity (Wildman–Crippen MR) is 101 cm³/mol. The Labute approximate surface area is 157 Å². The molecular formula is C19H19FN4O2S. The van der Waals surface area contributed by atoms with Crippen molar-refractivity contribution in [2.75, 3.05) is 5.75 Å². The van der Waals surface area contributed by atoms with Gasteiger partial charge in [-0.3, -0.25) is 4.99 Å². The molecule has 3 rings (SSSR count). The zero-order valence-corrected chi connectivity index (χ0v) is 16.0. The molecule has 0 unspecified atom stereocenters. The van der Waals surface area contributed by atoms with Crippen LogP contribution in [-0.2, 0) is 15.4 Å². The summed E-state index contributed by atoms with van der Waals surface area (Å²) in [5.41, 5.74) is 5.87. The molecule has 0 amide bonds. The number of nitrogens with two attached hydrogens (primary N) is 1. The van der Waals surface area contributed by atoms with Gasteiger partial charge in [0.25, 0.3) is 0 Å². The number of hydrogen-bond donors (Lipinski definition) is 1. The third kappa shape index (κ3) is 3.08. The van der Waals surface area contributed by atoms with Crippen LogP contribution in [0.15, 0.2) is 41.4 Å². The number of nitriles is 1. The highest BCUT2D eigenvalue weighted by Crippen LogP contribution is 2.37. The number of aromatic nitrogens is 1. The van der Waals surface area contributed by atoms with Crippen molar-refractivity contribution in [2.45, 2.75) is 31.1 Å². The molecule has 0 bridgehead atoms. The topological polar surface area (TPSA) is 109 Å². The number of aliphatic imine (C=N–C) groups is 1. The van der Waals surface area contributed by atoms with E-state index in [4.69, 9.17) is 11.0 Å². The lowest BCUT2D eigenvalue weighted by Crippen LogP contribution is -2.55. The van der Waals surface area contributed by atoms with Crippen LogP contribution in [-0.4, -0.2) is 29.7 Å². The van der Waals surface area contributed by atoms with Gasteiger partial charge in [0.1, 0.15) is 27.6 Å². The maximum Gasteiger partial charge on any atom is 0.165 e. The van der Waals surface area contributed by atoms with Crippen molar-refractivity contribution in [2.24, 2.45) is 10.7 Å². The van der Waals surface area contributed by atoms with Crippen LogP contribution in [0.5, 0.6) is 0 Å². The molecule has 2 heterocycles. The van der Waals surface area contributed by atoms with Gasteiger partial charge in [-0.1, -0.05) is 12.1 Å². The molecule has 2 aromatic rings. The molecule has 6 nitrogen and oxygen atoms in total. The van der Waals surface area contributed by atoms with Crippen LogP contribution >= 0.6 is 0 Å². The van der Waals surface area contributed by atoms with E-state index in [0.29, 0.717) is 16.8 Å². The first-order valence-electron chi connectivity index (χ1n) is 8.26. The standard InChI is InChI=1S/C19H19FN4O2S/c1-18(2)17(22)24-19(3,11-27(18,25)26)16-14(20)7-8-15(23-16)13-6-4-5-12(9-13)10-21/h4-9H,11H2,1-3H3,(H2,22,24)/t19-/m1/s1. The first-order valence-corrected chi connectivity index (χ1v) is 9.91. The highest BCUT2D eigenvalue weighted by molar-refractivity contribution is 7.93. The Balaban J connectivity index is 2.18. The summed E-state index contributed by atoms with van der Waals surface area (Å²) < 4.78 is 38.7. The minimum absolute atomic E-state index is 0.0747. The van der Waals surface area contributed by atoms with Gasteiger partial charge in [-0.25, -0.2) is 17.8 Å². The van der Waals surface area contributed by atoms with E-state index in [1.807, 2.05) is 6.07 Å². The van der Waals surface area contributed by atoms with Crippen molar-refractivity contribution in [3.63, 3.8) is 0 Å². The Morgan fingerprint density at radius 2 is 1.93 bits per heavy atom. The molecule has 0 saturated carbocycles. The normalized spacial score (nSPS) is 23.3.